The van der Waals surface area contributed by atoms with Gasteiger partial charge in [-0.2, -0.15) is 0 Å². The average Bonchev–Trinajstić information content (AvgIpc) is 2.10. The molecule has 4 heteroatoms. The third kappa shape index (κ3) is 8.43. The number of halogens is 1. The summed E-state index contributed by atoms with van der Waals surface area (Å²) in [6.45, 7) is 5.34. The van der Waals surface area contributed by atoms with Crippen molar-refractivity contribution in [2.45, 2.75) is 52.6 Å². The van der Waals surface area contributed by atoms with E-state index in [2.05, 4.69) is 0 Å². The van der Waals surface area contributed by atoms with E-state index in [9.17, 15) is 9.59 Å². The summed E-state index contributed by atoms with van der Waals surface area (Å²) in [5.74, 6) is 0.0737. The van der Waals surface area contributed by atoms with E-state index in [0.29, 0.717) is 12.3 Å². The number of carbonyl (C=O) groups is 2. The van der Waals surface area contributed by atoms with Crippen LogP contribution in [-0.4, -0.2) is 17.3 Å². The first-order valence-electron chi connectivity index (χ1n) is 5.29. The topological polar surface area (TPSA) is 43.4 Å². The highest BCUT2D eigenvalue weighted by Crippen LogP contribution is 2.16. The first kappa shape index (κ1) is 14.4. The van der Waals surface area contributed by atoms with E-state index in [1.54, 1.807) is 0 Å². The number of unbranched alkanes of at least 4 members (excludes halogenated alkanes) is 1. The van der Waals surface area contributed by atoms with Gasteiger partial charge in [0.25, 0.3) is 0 Å². The highest BCUT2D eigenvalue weighted by molar-refractivity contribution is 6.63. The maximum atomic E-state index is 10.7. The zero-order valence-electron chi connectivity index (χ0n) is 9.59. The van der Waals surface area contributed by atoms with Crippen LogP contribution in [0.1, 0.15) is 46.5 Å². The summed E-state index contributed by atoms with van der Waals surface area (Å²) in [5.41, 5.74) is 0. The zero-order valence-corrected chi connectivity index (χ0v) is 10.3. The highest BCUT2D eigenvalue weighted by atomic mass is 35.5. The molecule has 15 heavy (non-hydrogen) atoms. The maximum Gasteiger partial charge on any atom is 0.302 e. The summed E-state index contributed by atoms with van der Waals surface area (Å²) in [7, 11) is 0. The molecule has 3 nitrogen and oxygen atoms in total. The molecule has 0 spiro atoms. The molecule has 0 aromatic carbocycles. The quantitative estimate of drug-likeness (QED) is 0.387. The Bertz CT molecular complexity index is 216. The summed E-state index contributed by atoms with van der Waals surface area (Å²) in [4.78, 5) is 21.2. The lowest BCUT2D eigenvalue weighted by Crippen LogP contribution is -2.20. The highest BCUT2D eigenvalue weighted by Gasteiger charge is 2.14. The first-order chi connectivity index (χ1) is 6.93. The lowest BCUT2D eigenvalue weighted by molar-refractivity contribution is -0.147. The molecule has 0 amide bonds. The SMILES string of the molecule is CC(=O)OC(C)C(C)CCCCC(=O)Cl. The Hall–Kier alpha value is -0.570. The van der Waals surface area contributed by atoms with E-state index >= 15 is 0 Å². The molecule has 2 unspecified atom stereocenters. The molecule has 0 radical (unpaired) electrons. The van der Waals surface area contributed by atoms with Crippen molar-refractivity contribution in [1.82, 2.24) is 0 Å². The summed E-state index contributed by atoms with van der Waals surface area (Å²) < 4.78 is 5.06. The summed E-state index contributed by atoms with van der Waals surface area (Å²) in [5, 5.41) is -0.282. The van der Waals surface area contributed by atoms with Crippen LogP contribution in [0.3, 0.4) is 0 Å². The van der Waals surface area contributed by atoms with E-state index in [4.69, 9.17) is 16.3 Å². The van der Waals surface area contributed by atoms with E-state index in [1.807, 2.05) is 13.8 Å². The molecule has 0 aliphatic rings. The van der Waals surface area contributed by atoms with Gasteiger partial charge in [0.15, 0.2) is 0 Å². The van der Waals surface area contributed by atoms with Crippen molar-refractivity contribution in [3.63, 3.8) is 0 Å². The molecule has 0 saturated heterocycles. The van der Waals surface area contributed by atoms with Crippen LogP contribution in [0.15, 0.2) is 0 Å². The molecule has 2 atom stereocenters. The molecule has 0 bridgehead atoms. The Kier molecular flexibility index (Phi) is 7.39. The van der Waals surface area contributed by atoms with Gasteiger partial charge in [-0.25, -0.2) is 0 Å². The van der Waals surface area contributed by atoms with Gasteiger partial charge in [0.05, 0.1) is 0 Å². The minimum absolute atomic E-state index is 0.0609. The molecule has 0 fully saturated rings. The van der Waals surface area contributed by atoms with Crippen LogP contribution in [0.4, 0.5) is 0 Å². The van der Waals surface area contributed by atoms with Crippen LogP contribution in [-0.2, 0) is 14.3 Å². The number of hydrogen-bond acceptors (Lipinski definition) is 3. The van der Waals surface area contributed by atoms with Gasteiger partial charge in [0, 0.05) is 13.3 Å². The Balaban J connectivity index is 3.59. The number of esters is 1. The first-order valence-corrected chi connectivity index (χ1v) is 5.66. The van der Waals surface area contributed by atoms with Crippen LogP contribution in [0, 0.1) is 5.92 Å². The number of hydrogen-bond donors (Lipinski definition) is 0. The molecule has 0 aliphatic carbocycles. The maximum absolute atomic E-state index is 10.7. The monoisotopic (exact) mass is 234 g/mol. The lowest BCUT2D eigenvalue weighted by Gasteiger charge is -2.19. The van der Waals surface area contributed by atoms with Gasteiger partial charge < -0.3 is 4.74 Å². The normalized spacial score (nSPS) is 14.4. The Morgan fingerprint density at radius 3 is 2.33 bits per heavy atom. The molecule has 0 N–H and O–H groups in total. The third-order valence-corrected chi connectivity index (χ3v) is 2.62. The van der Waals surface area contributed by atoms with Crippen LogP contribution < -0.4 is 0 Å². The van der Waals surface area contributed by atoms with Gasteiger partial charge in [0.2, 0.25) is 5.24 Å². The molecule has 0 aromatic heterocycles. The summed E-state index contributed by atoms with van der Waals surface area (Å²) in [6.07, 6.45) is 3.05. The second-order valence-electron chi connectivity index (χ2n) is 3.89. The fraction of sp³-hybridized carbons (Fsp3) is 0.818. The average molecular weight is 235 g/mol. The minimum Gasteiger partial charge on any atom is -0.463 e. The fourth-order valence-corrected chi connectivity index (χ4v) is 1.48. The van der Waals surface area contributed by atoms with E-state index in [-0.39, 0.29) is 17.3 Å². The summed E-state index contributed by atoms with van der Waals surface area (Å²) in [6, 6.07) is 0. The van der Waals surface area contributed by atoms with Crippen LogP contribution in [0.5, 0.6) is 0 Å². The van der Waals surface area contributed by atoms with Gasteiger partial charge in [0.1, 0.15) is 6.10 Å². The minimum atomic E-state index is -0.282. The van der Waals surface area contributed by atoms with Gasteiger partial charge >= 0.3 is 5.97 Å². The number of carbonyl (C=O) groups excluding carboxylic acids is 2. The molecule has 0 aromatic rings. The van der Waals surface area contributed by atoms with Crippen molar-refractivity contribution >= 4 is 22.8 Å². The molecular formula is C11H19ClO3. The predicted octanol–water partition coefficient (Wildman–Crippen LogP) is 2.90. The van der Waals surface area contributed by atoms with Gasteiger partial charge in [-0.15, -0.1) is 0 Å². The van der Waals surface area contributed by atoms with Gasteiger partial charge in [-0.3, -0.25) is 9.59 Å². The predicted molar refractivity (Wildman–Crippen MR) is 59.7 cm³/mol. The molecule has 0 heterocycles. The Labute approximate surface area is 96.1 Å². The fourth-order valence-electron chi connectivity index (χ4n) is 1.34. The molecule has 88 valence electrons. The molecule has 0 saturated carbocycles. The second kappa shape index (κ2) is 7.69. The van der Waals surface area contributed by atoms with E-state index in [0.717, 1.165) is 19.3 Å². The van der Waals surface area contributed by atoms with E-state index < -0.39 is 0 Å². The van der Waals surface area contributed by atoms with Crippen molar-refractivity contribution in [2.75, 3.05) is 0 Å². The van der Waals surface area contributed by atoms with Crippen molar-refractivity contribution in [2.24, 2.45) is 5.92 Å². The van der Waals surface area contributed by atoms with Crippen LogP contribution in [0.2, 0.25) is 0 Å². The number of ether oxygens (including phenoxy) is 1. The molecule has 0 aliphatic heterocycles. The van der Waals surface area contributed by atoms with Crippen molar-refractivity contribution < 1.29 is 14.3 Å². The largest absolute Gasteiger partial charge is 0.463 e. The van der Waals surface area contributed by atoms with Crippen molar-refractivity contribution in [1.29, 1.82) is 0 Å². The van der Waals surface area contributed by atoms with E-state index in [1.165, 1.54) is 6.92 Å². The lowest BCUT2D eigenvalue weighted by atomic mass is 9.98. The number of rotatable bonds is 7. The van der Waals surface area contributed by atoms with Crippen molar-refractivity contribution in [3.8, 4) is 0 Å². The molecule has 0 rings (SSSR count). The van der Waals surface area contributed by atoms with Gasteiger partial charge in [-0.1, -0.05) is 13.3 Å². The third-order valence-electron chi connectivity index (χ3n) is 2.44. The Morgan fingerprint density at radius 1 is 1.27 bits per heavy atom. The van der Waals surface area contributed by atoms with Crippen LogP contribution in [0.25, 0.3) is 0 Å². The second-order valence-corrected chi connectivity index (χ2v) is 4.31. The van der Waals surface area contributed by atoms with Crippen molar-refractivity contribution in [3.05, 3.63) is 0 Å². The summed E-state index contributed by atoms with van der Waals surface area (Å²) >= 11 is 5.22. The molecular weight excluding hydrogens is 216 g/mol. The standard InChI is InChI=1S/C11H19ClO3/c1-8(9(2)15-10(3)13)6-4-5-7-11(12)14/h8-9H,4-7H2,1-3H3. The Morgan fingerprint density at radius 2 is 1.87 bits per heavy atom. The van der Waals surface area contributed by atoms with Crippen LogP contribution >= 0.6 is 11.6 Å². The van der Waals surface area contributed by atoms with Gasteiger partial charge in [-0.05, 0) is 37.3 Å². The smallest absolute Gasteiger partial charge is 0.302 e. The zero-order chi connectivity index (χ0) is 11.8.